The summed E-state index contributed by atoms with van der Waals surface area (Å²) in [6.45, 7) is 0.0521. The number of hydrogen-bond acceptors (Lipinski definition) is 4. The third-order valence-electron chi connectivity index (χ3n) is 1.83. The van der Waals surface area contributed by atoms with E-state index >= 15 is 0 Å². The molecule has 0 heterocycles. The van der Waals surface area contributed by atoms with Gasteiger partial charge in [-0.05, 0) is 17.7 Å². The molecule has 0 aliphatic heterocycles. The highest BCUT2D eigenvalue weighted by Crippen LogP contribution is 2.01. The predicted molar refractivity (Wildman–Crippen MR) is 53.1 cm³/mol. The van der Waals surface area contributed by atoms with Crippen LogP contribution in [0.5, 0.6) is 0 Å². The summed E-state index contributed by atoms with van der Waals surface area (Å²) >= 11 is 0. The summed E-state index contributed by atoms with van der Waals surface area (Å²) in [6.07, 6.45) is -0.690. The Labute approximate surface area is 86.2 Å². The van der Waals surface area contributed by atoms with Gasteiger partial charge in [0.2, 0.25) is 6.54 Å². The second-order valence-corrected chi connectivity index (χ2v) is 3.13. The van der Waals surface area contributed by atoms with E-state index < -0.39 is 11.1 Å². The largest absolute Gasteiger partial charge is 0.310 e. The number of nitrogens with two attached hydrogens (primary N) is 1. The average Bonchev–Trinajstić information content (AvgIpc) is 2.16. The van der Waals surface area contributed by atoms with Crippen LogP contribution in [0.3, 0.4) is 0 Å². The zero-order valence-corrected chi connectivity index (χ0v) is 8.02. The molecule has 1 rings (SSSR count). The highest BCUT2D eigenvalue weighted by Gasteiger charge is 2.08. The van der Waals surface area contributed by atoms with Crippen molar-refractivity contribution >= 4 is 0 Å². The Morgan fingerprint density at radius 2 is 2.07 bits per heavy atom. The standard InChI is InChI=1S/C9H12FN3O2/c10-8-3-1-7(2-4-8)5-12-9(11)6-13(14)15/h1-4,9,12H,5-6,11H2. The Morgan fingerprint density at radius 1 is 1.47 bits per heavy atom. The molecule has 0 bridgehead atoms. The number of benzene rings is 1. The molecule has 6 heteroatoms. The highest BCUT2D eigenvalue weighted by molar-refractivity contribution is 5.15. The Kier molecular flexibility index (Phi) is 4.14. The quantitative estimate of drug-likeness (QED) is 0.423. The lowest BCUT2D eigenvalue weighted by Gasteiger charge is -2.09. The minimum Gasteiger partial charge on any atom is -0.310 e. The predicted octanol–water partition coefficient (Wildman–Crippen LogP) is 0.477. The molecule has 82 valence electrons. The Balaban J connectivity index is 2.36. The van der Waals surface area contributed by atoms with Gasteiger partial charge in [0, 0.05) is 11.5 Å². The summed E-state index contributed by atoms with van der Waals surface area (Å²) in [5.74, 6) is -0.312. The van der Waals surface area contributed by atoms with E-state index in [0.29, 0.717) is 6.54 Å². The maximum Gasteiger partial charge on any atom is 0.231 e. The van der Waals surface area contributed by atoms with Gasteiger partial charge in [0.25, 0.3) is 0 Å². The maximum absolute atomic E-state index is 12.5. The first-order valence-corrected chi connectivity index (χ1v) is 4.43. The van der Waals surface area contributed by atoms with Crippen LogP contribution in [0.2, 0.25) is 0 Å². The molecule has 0 aliphatic carbocycles. The number of rotatable bonds is 5. The summed E-state index contributed by atoms with van der Waals surface area (Å²) in [5, 5.41) is 12.9. The van der Waals surface area contributed by atoms with E-state index in [2.05, 4.69) is 5.32 Å². The number of nitro groups is 1. The summed E-state index contributed by atoms with van der Waals surface area (Å²) in [5.41, 5.74) is 6.25. The summed E-state index contributed by atoms with van der Waals surface area (Å²) in [7, 11) is 0. The first kappa shape index (κ1) is 11.5. The first-order chi connectivity index (χ1) is 7.08. The second-order valence-electron chi connectivity index (χ2n) is 3.13. The maximum atomic E-state index is 12.5. The van der Waals surface area contributed by atoms with Crippen molar-refractivity contribution in [1.29, 1.82) is 0 Å². The number of hydrogen-bond donors (Lipinski definition) is 2. The van der Waals surface area contributed by atoms with Crippen LogP contribution in [0.15, 0.2) is 24.3 Å². The minimum absolute atomic E-state index is 0.312. The van der Waals surface area contributed by atoms with Gasteiger partial charge in [0.15, 0.2) is 0 Å². The van der Waals surface area contributed by atoms with Crippen LogP contribution in [0.4, 0.5) is 4.39 Å². The van der Waals surface area contributed by atoms with Crippen molar-refractivity contribution in [2.24, 2.45) is 5.73 Å². The lowest BCUT2D eigenvalue weighted by atomic mass is 10.2. The molecule has 3 N–H and O–H groups in total. The summed E-state index contributed by atoms with van der Waals surface area (Å²) < 4.78 is 12.5. The van der Waals surface area contributed by atoms with Gasteiger partial charge in [0.1, 0.15) is 12.0 Å². The molecular formula is C9H12FN3O2. The molecule has 0 radical (unpaired) electrons. The molecule has 0 saturated carbocycles. The van der Waals surface area contributed by atoms with Gasteiger partial charge in [-0.3, -0.25) is 15.4 Å². The van der Waals surface area contributed by atoms with Crippen LogP contribution in [-0.4, -0.2) is 17.6 Å². The average molecular weight is 213 g/mol. The SMILES string of the molecule is NC(C[N+](=O)[O-])NCc1ccc(F)cc1. The van der Waals surface area contributed by atoms with E-state index in [9.17, 15) is 14.5 Å². The minimum atomic E-state index is -0.690. The van der Waals surface area contributed by atoms with Crippen LogP contribution in [0.25, 0.3) is 0 Å². The van der Waals surface area contributed by atoms with E-state index in [4.69, 9.17) is 5.73 Å². The van der Waals surface area contributed by atoms with Crippen LogP contribution in [0, 0.1) is 15.9 Å². The molecular weight excluding hydrogens is 201 g/mol. The van der Waals surface area contributed by atoms with Gasteiger partial charge in [0.05, 0.1) is 0 Å². The fourth-order valence-electron chi connectivity index (χ4n) is 1.08. The molecule has 0 fully saturated rings. The van der Waals surface area contributed by atoms with Crippen molar-refractivity contribution in [1.82, 2.24) is 5.32 Å². The molecule has 15 heavy (non-hydrogen) atoms. The molecule has 5 nitrogen and oxygen atoms in total. The topological polar surface area (TPSA) is 81.2 Å². The van der Waals surface area contributed by atoms with E-state index in [-0.39, 0.29) is 12.4 Å². The Morgan fingerprint density at radius 3 is 2.60 bits per heavy atom. The molecule has 1 atom stereocenters. The zero-order valence-electron chi connectivity index (χ0n) is 8.02. The summed E-state index contributed by atoms with van der Waals surface area (Å²) in [4.78, 5) is 9.62. The number of nitrogens with zero attached hydrogens (tertiary/aromatic N) is 1. The van der Waals surface area contributed by atoms with Gasteiger partial charge >= 0.3 is 0 Å². The number of nitrogens with one attached hydrogen (secondary N) is 1. The summed E-state index contributed by atoms with van der Waals surface area (Å²) in [6, 6.07) is 5.86. The van der Waals surface area contributed by atoms with Gasteiger partial charge in [-0.15, -0.1) is 0 Å². The van der Waals surface area contributed by atoms with E-state index in [0.717, 1.165) is 5.56 Å². The van der Waals surface area contributed by atoms with E-state index in [1.807, 2.05) is 0 Å². The number of halogens is 1. The van der Waals surface area contributed by atoms with Crippen LogP contribution in [0.1, 0.15) is 5.56 Å². The van der Waals surface area contributed by atoms with Crippen molar-refractivity contribution in [2.45, 2.75) is 12.7 Å². The molecule has 1 aromatic carbocycles. The molecule has 0 aliphatic rings. The molecule has 1 aromatic rings. The van der Waals surface area contributed by atoms with Crippen molar-refractivity contribution in [3.63, 3.8) is 0 Å². The molecule has 0 spiro atoms. The van der Waals surface area contributed by atoms with Gasteiger partial charge < -0.3 is 5.73 Å². The van der Waals surface area contributed by atoms with Crippen molar-refractivity contribution in [3.05, 3.63) is 45.8 Å². The molecule has 0 saturated heterocycles. The monoisotopic (exact) mass is 213 g/mol. The fourth-order valence-corrected chi connectivity index (χ4v) is 1.08. The normalized spacial score (nSPS) is 12.4. The van der Waals surface area contributed by atoms with Crippen LogP contribution < -0.4 is 11.1 Å². The molecule has 0 aromatic heterocycles. The van der Waals surface area contributed by atoms with Gasteiger partial charge in [-0.2, -0.15) is 0 Å². The first-order valence-electron chi connectivity index (χ1n) is 4.43. The lowest BCUT2D eigenvalue weighted by molar-refractivity contribution is -0.483. The molecule has 0 amide bonds. The van der Waals surface area contributed by atoms with Gasteiger partial charge in [-0.1, -0.05) is 12.1 Å². The van der Waals surface area contributed by atoms with Crippen molar-refractivity contribution in [3.8, 4) is 0 Å². The van der Waals surface area contributed by atoms with Crippen LogP contribution in [-0.2, 0) is 6.54 Å². The third-order valence-corrected chi connectivity index (χ3v) is 1.83. The van der Waals surface area contributed by atoms with Crippen LogP contribution >= 0.6 is 0 Å². The Hall–Kier alpha value is -1.53. The Bertz CT molecular complexity index is 329. The van der Waals surface area contributed by atoms with E-state index in [1.165, 1.54) is 12.1 Å². The van der Waals surface area contributed by atoms with E-state index in [1.54, 1.807) is 12.1 Å². The lowest BCUT2D eigenvalue weighted by Crippen LogP contribution is -2.42. The third kappa shape index (κ3) is 4.48. The van der Waals surface area contributed by atoms with Crippen molar-refractivity contribution < 1.29 is 9.31 Å². The smallest absolute Gasteiger partial charge is 0.231 e. The van der Waals surface area contributed by atoms with Crippen molar-refractivity contribution in [2.75, 3.05) is 6.54 Å². The molecule has 1 unspecified atom stereocenters. The zero-order chi connectivity index (χ0) is 11.3. The fraction of sp³-hybridized carbons (Fsp3) is 0.333. The highest BCUT2D eigenvalue weighted by atomic mass is 19.1. The second kappa shape index (κ2) is 5.38. The van der Waals surface area contributed by atoms with Gasteiger partial charge in [-0.25, -0.2) is 4.39 Å².